The van der Waals surface area contributed by atoms with Crippen LogP contribution in [0.25, 0.3) is 5.65 Å². The predicted molar refractivity (Wildman–Crippen MR) is 117 cm³/mol. The zero-order chi connectivity index (χ0) is 21.9. The second-order valence-electron chi connectivity index (χ2n) is 8.55. The maximum Gasteiger partial charge on any atom is 0.413 e. The Morgan fingerprint density at radius 2 is 2.13 bits per heavy atom. The Bertz CT molecular complexity index is 874. The number of anilines is 1. The number of amides is 1. The first kappa shape index (κ1) is 22.8. The zero-order valence-electron chi connectivity index (χ0n) is 17.8. The molecule has 1 fully saturated rings. The number of carbonyl (C=O) groups excluding carboxylic acids is 1. The van der Waals surface area contributed by atoms with Crippen LogP contribution >= 0.6 is 15.9 Å². The molecule has 9 nitrogen and oxygen atoms in total. The summed E-state index contributed by atoms with van der Waals surface area (Å²) in [6, 6.07) is 1.35. The smallest absolute Gasteiger partial charge is 0.391 e. The van der Waals surface area contributed by atoms with Crippen LogP contribution in [-0.4, -0.2) is 57.2 Å². The number of carbonyl (C=O) groups is 1. The molecule has 2 aromatic heterocycles. The minimum Gasteiger partial charge on any atom is -0.391 e. The number of rotatable bonds is 7. The molecule has 0 spiro atoms. The first-order chi connectivity index (χ1) is 14.1. The minimum atomic E-state index is -0.971. The Kier molecular flexibility index (Phi) is 7.20. The highest BCUT2D eigenvalue weighted by Crippen LogP contribution is 2.27. The van der Waals surface area contributed by atoms with Gasteiger partial charge in [-0.1, -0.05) is 13.8 Å². The molecule has 0 aromatic carbocycles. The molecule has 3 N–H and O–H groups in total. The number of aliphatic hydroxyl groups is 1. The van der Waals surface area contributed by atoms with Crippen molar-refractivity contribution in [2.45, 2.75) is 52.2 Å². The van der Waals surface area contributed by atoms with Crippen LogP contribution in [0.2, 0.25) is 0 Å². The van der Waals surface area contributed by atoms with E-state index < -0.39 is 11.7 Å². The van der Waals surface area contributed by atoms with E-state index in [4.69, 9.17) is 9.47 Å². The van der Waals surface area contributed by atoms with Gasteiger partial charge in [-0.25, -0.2) is 9.78 Å². The van der Waals surface area contributed by atoms with Gasteiger partial charge in [0.2, 0.25) is 5.88 Å². The van der Waals surface area contributed by atoms with Gasteiger partial charge in [0.05, 0.1) is 22.3 Å². The second-order valence-corrected chi connectivity index (χ2v) is 9.41. The lowest BCUT2D eigenvalue weighted by Gasteiger charge is -2.33. The number of halogens is 1. The minimum absolute atomic E-state index is 0.142. The van der Waals surface area contributed by atoms with Gasteiger partial charge in [-0.15, -0.1) is 0 Å². The topological polar surface area (TPSA) is 110 Å². The Morgan fingerprint density at radius 1 is 1.43 bits per heavy atom. The summed E-state index contributed by atoms with van der Waals surface area (Å²) in [7, 11) is 0. The van der Waals surface area contributed by atoms with Crippen molar-refractivity contribution in [1.29, 1.82) is 0 Å². The van der Waals surface area contributed by atoms with Gasteiger partial charge in [-0.3, -0.25) is 0 Å². The predicted octanol–water partition coefficient (Wildman–Crippen LogP) is 3.21. The summed E-state index contributed by atoms with van der Waals surface area (Å²) in [6.45, 7) is 9.52. The molecule has 0 aliphatic carbocycles. The third kappa shape index (κ3) is 5.61. The number of nitrogens with one attached hydrogen (secondary N) is 2. The fourth-order valence-corrected chi connectivity index (χ4v) is 4.03. The molecule has 0 bridgehead atoms. The van der Waals surface area contributed by atoms with E-state index in [2.05, 4.69) is 36.6 Å². The molecular weight excluding hydrogens is 454 g/mol. The SMILES string of the molecule is CC(C)C(Nc1cc(OC(=O)NCC2CCOCC2)n2ncc(Br)c2n1)C(C)(C)O. The molecule has 1 atom stereocenters. The molecule has 3 rings (SSSR count). The highest BCUT2D eigenvalue weighted by Gasteiger charge is 2.30. The lowest BCUT2D eigenvalue weighted by atomic mass is 9.89. The fraction of sp³-hybridized carbons (Fsp3) is 0.650. The summed E-state index contributed by atoms with van der Waals surface area (Å²) in [6.07, 6.45) is 2.89. The molecule has 1 amide bonds. The van der Waals surface area contributed by atoms with Crippen LogP contribution in [0.15, 0.2) is 16.7 Å². The van der Waals surface area contributed by atoms with Crippen LogP contribution in [-0.2, 0) is 4.74 Å². The third-order valence-electron chi connectivity index (χ3n) is 5.20. The monoisotopic (exact) mass is 483 g/mol. The normalized spacial score (nSPS) is 16.6. The van der Waals surface area contributed by atoms with E-state index in [0.717, 1.165) is 26.1 Å². The summed E-state index contributed by atoms with van der Waals surface area (Å²) in [5.74, 6) is 1.25. The van der Waals surface area contributed by atoms with Gasteiger partial charge in [0, 0.05) is 25.8 Å². The van der Waals surface area contributed by atoms with E-state index >= 15 is 0 Å². The number of aromatic nitrogens is 3. The molecule has 1 aliphatic heterocycles. The Morgan fingerprint density at radius 3 is 2.77 bits per heavy atom. The van der Waals surface area contributed by atoms with Crippen LogP contribution in [0.4, 0.5) is 10.6 Å². The highest BCUT2D eigenvalue weighted by atomic mass is 79.9. The molecule has 1 unspecified atom stereocenters. The molecule has 3 heterocycles. The number of nitrogens with zero attached hydrogens (tertiary/aromatic N) is 3. The summed E-state index contributed by atoms with van der Waals surface area (Å²) < 4.78 is 13.0. The van der Waals surface area contributed by atoms with Gasteiger partial charge in [0.15, 0.2) is 5.65 Å². The number of ether oxygens (including phenoxy) is 2. The van der Waals surface area contributed by atoms with Crippen LogP contribution < -0.4 is 15.4 Å². The van der Waals surface area contributed by atoms with E-state index in [9.17, 15) is 9.90 Å². The third-order valence-corrected chi connectivity index (χ3v) is 5.76. The van der Waals surface area contributed by atoms with Crippen LogP contribution in [0.5, 0.6) is 5.88 Å². The van der Waals surface area contributed by atoms with Gasteiger partial charge in [0.25, 0.3) is 0 Å². The molecule has 2 aromatic rings. The summed E-state index contributed by atoms with van der Waals surface area (Å²) in [4.78, 5) is 17.0. The maximum absolute atomic E-state index is 12.4. The molecule has 30 heavy (non-hydrogen) atoms. The summed E-state index contributed by atoms with van der Waals surface area (Å²) >= 11 is 3.43. The van der Waals surface area contributed by atoms with E-state index in [1.807, 2.05) is 13.8 Å². The van der Waals surface area contributed by atoms with Crippen molar-refractivity contribution in [2.24, 2.45) is 11.8 Å². The van der Waals surface area contributed by atoms with Gasteiger partial charge < -0.3 is 25.2 Å². The number of hydrogen-bond donors (Lipinski definition) is 3. The van der Waals surface area contributed by atoms with Crippen molar-refractivity contribution in [3.05, 3.63) is 16.7 Å². The van der Waals surface area contributed by atoms with Crippen molar-refractivity contribution < 1.29 is 19.4 Å². The Labute approximate surface area is 184 Å². The lowest BCUT2D eigenvalue weighted by molar-refractivity contribution is 0.0440. The molecule has 1 saturated heterocycles. The van der Waals surface area contributed by atoms with Crippen LogP contribution in [0.1, 0.15) is 40.5 Å². The number of hydrogen-bond acceptors (Lipinski definition) is 7. The van der Waals surface area contributed by atoms with Crippen LogP contribution in [0.3, 0.4) is 0 Å². The average Bonchev–Trinajstić information content (AvgIpc) is 3.05. The first-order valence-electron chi connectivity index (χ1n) is 10.2. The lowest BCUT2D eigenvalue weighted by Crippen LogP contribution is -2.45. The second kappa shape index (κ2) is 9.49. The molecule has 0 saturated carbocycles. The van der Waals surface area contributed by atoms with E-state index in [1.165, 1.54) is 4.52 Å². The van der Waals surface area contributed by atoms with Crippen LogP contribution in [0, 0.1) is 11.8 Å². The van der Waals surface area contributed by atoms with Gasteiger partial charge in [0.1, 0.15) is 5.82 Å². The molecule has 1 aliphatic rings. The van der Waals surface area contributed by atoms with Crippen molar-refractivity contribution in [3.63, 3.8) is 0 Å². The molecular formula is C20H30BrN5O4. The quantitative estimate of drug-likeness (QED) is 0.554. The largest absolute Gasteiger partial charge is 0.413 e. The van der Waals surface area contributed by atoms with E-state index in [0.29, 0.717) is 28.4 Å². The van der Waals surface area contributed by atoms with E-state index in [1.54, 1.807) is 26.1 Å². The molecule has 10 heteroatoms. The Hall–Kier alpha value is -1.91. The maximum atomic E-state index is 12.4. The highest BCUT2D eigenvalue weighted by molar-refractivity contribution is 9.10. The van der Waals surface area contributed by atoms with Gasteiger partial charge in [-0.2, -0.15) is 9.61 Å². The Balaban J connectivity index is 1.78. The number of fused-ring (bicyclic) bond motifs is 1. The van der Waals surface area contributed by atoms with E-state index in [-0.39, 0.29) is 17.8 Å². The standard InChI is InChI=1S/C20H30BrN5O4/c1-12(2)17(20(3,4)28)24-15-9-16(26-18(25-15)14(21)11-23-26)30-19(27)22-10-13-5-7-29-8-6-13/h9,11-13,17,28H,5-8,10H2,1-4H3,(H,22,27)(H,24,25). The molecule has 0 radical (unpaired) electrons. The molecule has 166 valence electrons. The van der Waals surface area contributed by atoms with Gasteiger partial charge in [-0.05, 0) is 54.5 Å². The van der Waals surface area contributed by atoms with Gasteiger partial charge >= 0.3 is 6.09 Å². The summed E-state index contributed by atoms with van der Waals surface area (Å²) in [5.41, 5.74) is -0.466. The van der Waals surface area contributed by atoms with Crippen molar-refractivity contribution in [3.8, 4) is 5.88 Å². The summed E-state index contributed by atoms with van der Waals surface area (Å²) in [5, 5.41) is 20.9. The van der Waals surface area contributed by atoms with Crippen molar-refractivity contribution >= 4 is 33.5 Å². The average molecular weight is 484 g/mol. The fourth-order valence-electron chi connectivity index (χ4n) is 3.68. The van der Waals surface area contributed by atoms with Crippen molar-refractivity contribution in [1.82, 2.24) is 19.9 Å². The zero-order valence-corrected chi connectivity index (χ0v) is 19.4. The van der Waals surface area contributed by atoms with Crippen molar-refractivity contribution in [2.75, 3.05) is 25.1 Å². The first-order valence-corrected chi connectivity index (χ1v) is 11.0.